The van der Waals surface area contributed by atoms with E-state index in [1.165, 1.54) is 6.42 Å². The second-order valence-corrected chi connectivity index (χ2v) is 5.47. The molecule has 0 aromatic rings. The van der Waals surface area contributed by atoms with Gasteiger partial charge in [0.15, 0.2) is 0 Å². The molecule has 0 bridgehead atoms. The molecule has 1 N–H and O–H groups in total. The average molecular weight is 242 g/mol. The lowest BCUT2D eigenvalue weighted by Gasteiger charge is -2.36. The van der Waals surface area contributed by atoms with Gasteiger partial charge in [0.05, 0.1) is 12.7 Å². The van der Waals surface area contributed by atoms with Crippen molar-refractivity contribution in [3.8, 4) is 0 Å². The van der Waals surface area contributed by atoms with Gasteiger partial charge in [-0.25, -0.2) is 0 Å². The van der Waals surface area contributed by atoms with Gasteiger partial charge in [-0.15, -0.1) is 0 Å². The highest BCUT2D eigenvalue weighted by Gasteiger charge is 2.22. The molecule has 3 heteroatoms. The van der Waals surface area contributed by atoms with Crippen molar-refractivity contribution < 1.29 is 4.74 Å². The van der Waals surface area contributed by atoms with Crippen LogP contribution in [0.1, 0.15) is 40.5 Å². The van der Waals surface area contributed by atoms with E-state index in [9.17, 15) is 0 Å². The van der Waals surface area contributed by atoms with Crippen LogP contribution in [0.5, 0.6) is 0 Å². The molecule has 0 aliphatic carbocycles. The molecule has 0 aromatic carbocycles. The van der Waals surface area contributed by atoms with Crippen molar-refractivity contribution >= 4 is 0 Å². The van der Waals surface area contributed by atoms with E-state index in [1.807, 2.05) is 0 Å². The highest BCUT2D eigenvalue weighted by atomic mass is 16.5. The normalized spacial score (nSPS) is 24.2. The quantitative estimate of drug-likeness (QED) is 0.740. The van der Waals surface area contributed by atoms with E-state index in [2.05, 4.69) is 37.9 Å². The number of hydrogen-bond donors (Lipinski definition) is 1. The standard InChI is InChI=1S/C14H30N2O/c1-5-7-15-14(12(3)4)11-16-8-9-17-13(6-2)10-16/h12-15H,5-11H2,1-4H3. The van der Waals surface area contributed by atoms with Crippen LogP contribution in [-0.2, 0) is 4.74 Å². The van der Waals surface area contributed by atoms with Crippen molar-refractivity contribution in [1.29, 1.82) is 0 Å². The van der Waals surface area contributed by atoms with Gasteiger partial charge < -0.3 is 10.1 Å². The van der Waals surface area contributed by atoms with E-state index < -0.39 is 0 Å². The van der Waals surface area contributed by atoms with Crippen molar-refractivity contribution in [3.05, 3.63) is 0 Å². The number of ether oxygens (including phenoxy) is 1. The third-order valence-electron chi connectivity index (χ3n) is 3.59. The summed E-state index contributed by atoms with van der Waals surface area (Å²) in [5.74, 6) is 0.699. The lowest BCUT2D eigenvalue weighted by Crippen LogP contribution is -2.50. The van der Waals surface area contributed by atoms with Crippen LogP contribution >= 0.6 is 0 Å². The van der Waals surface area contributed by atoms with Gasteiger partial charge in [0.2, 0.25) is 0 Å². The molecule has 102 valence electrons. The summed E-state index contributed by atoms with van der Waals surface area (Å²) in [6.07, 6.45) is 2.79. The van der Waals surface area contributed by atoms with Gasteiger partial charge in [-0.3, -0.25) is 4.90 Å². The Balaban J connectivity index is 2.37. The first-order valence-electron chi connectivity index (χ1n) is 7.24. The molecule has 1 aliphatic rings. The first-order chi connectivity index (χ1) is 8.17. The van der Waals surface area contributed by atoms with Crippen LogP contribution in [0.25, 0.3) is 0 Å². The molecule has 0 radical (unpaired) electrons. The van der Waals surface area contributed by atoms with E-state index in [-0.39, 0.29) is 0 Å². The molecule has 3 nitrogen and oxygen atoms in total. The van der Waals surface area contributed by atoms with Crippen LogP contribution in [0, 0.1) is 5.92 Å². The largest absolute Gasteiger partial charge is 0.376 e. The number of nitrogens with one attached hydrogen (secondary N) is 1. The molecule has 1 fully saturated rings. The maximum Gasteiger partial charge on any atom is 0.0700 e. The third-order valence-corrected chi connectivity index (χ3v) is 3.59. The fourth-order valence-corrected chi connectivity index (χ4v) is 2.31. The summed E-state index contributed by atoms with van der Waals surface area (Å²) in [6, 6.07) is 0.616. The maximum absolute atomic E-state index is 5.72. The second-order valence-electron chi connectivity index (χ2n) is 5.47. The minimum absolute atomic E-state index is 0.447. The molecular weight excluding hydrogens is 212 g/mol. The predicted molar refractivity (Wildman–Crippen MR) is 73.4 cm³/mol. The lowest BCUT2D eigenvalue weighted by atomic mass is 10.0. The molecule has 2 atom stereocenters. The van der Waals surface area contributed by atoms with Crippen LogP contribution in [0.3, 0.4) is 0 Å². The monoisotopic (exact) mass is 242 g/mol. The van der Waals surface area contributed by atoms with Crippen molar-refractivity contribution in [2.75, 3.05) is 32.8 Å². The summed E-state index contributed by atoms with van der Waals surface area (Å²) in [5, 5.41) is 3.67. The molecule has 1 rings (SSSR count). The Hall–Kier alpha value is -0.120. The zero-order valence-electron chi connectivity index (χ0n) is 12.0. The van der Waals surface area contributed by atoms with Crippen LogP contribution in [0.15, 0.2) is 0 Å². The predicted octanol–water partition coefficient (Wildman–Crippen LogP) is 2.12. The number of nitrogens with zero attached hydrogens (tertiary/aromatic N) is 1. The fraction of sp³-hybridized carbons (Fsp3) is 1.00. The third kappa shape index (κ3) is 5.36. The molecule has 1 heterocycles. The fourth-order valence-electron chi connectivity index (χ4n) is 2.31. The summed E-state index contributed by atoms with van der Waals surface area (Å²) < 4.78 is 5.72. The Labute approximate surface area is 107 Å². The first-order valence-corrected chi connectivity index (χ1v) is 7.24. The SMILES string of the molecule is CCCNC(CN1CCOC(CC)C1)C(C)C. The van der Waals surface area contributed by atoms with Crippen molar-refractivity contribution in [3.63, 3.8) is 0 Å². The molecule has 1 aliphatic heterocycles. The van der Waals surface area contributed by atoms with Gasteiger partial charge in [0, 0.05) is 25.7 Å². The van der Waals surface area contributed by atoms with Gasteiger partial charge in [0.1, 0.15) is 0 Å². The van der Waals surface area contributed by atoms with Gasteiger partial charge in [-0.1, -0.05) is 27.7 Å². The van der Waals surface area contributed by atoms with E-state index in [1.54, 1.807) is 0 Å². The molecule has 2 unspecified atom stereocenters. The summed E-state index contributed by atoms with van der Waals surface area (Å²) in [5.41, 5.74) is 0. The van der Waals surface area contributed by atoms with E-state index in [4.69, 9.17) is 4.74 Å². The van der Waals surface area contributed by atoms with Crippen LogP contribution in [-0.4, -0.2) is 49.8 Å². The number of rotatable bonds is 7. The Kier molecular flexibility index (Phi) is 7.09. The second kappa shape index (κ2) is 8.06. The zero-order valence-corrected chi connectivity index (χ0v) is 12.0. The summed E-state index contributed by atoms with van der Waals surface area (Å²) >= 11 is 0. The van der Waals surface area contributed by atoms with Crippen LogP contribution in [0.2, 0.25) is 0 Å². The van der Waals surface area contributed by atoms with E-state index in [0.29, 0.717) is 18.1 Å². The first kappa shape index (κ1) is 14.9. The van der Waals surface area contributed by atoms with Crippen LogP contribution < -0.4 is 5.32 Å². The van der Waals surface area contributed by atoms with Gasteiger partial charge in [-0.05, 0) is 25.3 Å². The Morgan fingerprint density at radius 2 is 2.12 bits per heavy atom. The lowest BCUT2D eigenvalue weighted by molar-refractivity contribution is -0.0335. The number of morpholine rings is 1. The molecular formula is C14H30N2O. The Bertz CT molecular complexity index is 197. The molecule has 0 saturated carbocycles. The molecule has 1 saturated heterocycles. The van der Waals surface area contributed by atoms with Crippen molar-refractivity contribution in [2.24, 2.45) is 5.92 Å². The Morgan fingerprint density at radius 3 is 2.71 bits per heavy atom. The highest BCUT2D eigenvalue weighted by molar-refractivity contribution is 4.78. The Morgan fingerprint density at radius 1 is 1.35 bits per heavy atom. The minimum Gasteiger partial charge on any atom is -0.376 e. The molecule has 17 heavy (non-hydrogen) atoms. The molecule has 0 amide bonds. The van der Waals surface area contributed by atoms with Gasteiger partial charge in [0.25, 0.3) is 0 Å². The average Bonchev–Trinajstić information content (AvgIpc) is 2.34. The van der Waals surface area contributed by atoms with E-state index in [0.717, 1.165) is 39.2 Å². The summed E-state index contributed by atoms with van der Waals surface area (Å²) in [4.78, 5) is 2.56. The summed E-state index contributed by atoms with van der Waals surface area (Å²) in [6.45, 7) is 14.5. The van der Waals surface area contributed by atoms with Crippen LogP contribution in [0.4, 0.5) is 0 Å². The maximum atomic E-state index is 5.72. The summed E-state index contributed by atoms with van der Waals surface area (Å²) in [7, 11) is 0. The highest BCUT2D eigenvalue weighted by Crippen LogP contribution is 2.11. The van der Waals surface area contributed by atoms with Gasteiger partial charge in [-0.2, -0.15) is 0 Å². The topological polar surface area (TPSA) is 24.5 Å². The zero-order chi connectivity index (χ0) is 12.7. The molecule has 0 aromatic heterocycles. The van der Waals surface area contributed by atoms with Crippen molar-refractivity contribution in [2.45, 2.75) is 52.7 Å². The minimum atomic E-state index is 0.447. The van der Waals surface area contributed by atoms with Crippen molar-refractivity contribution in [1.82, 2.24) is 10.2 Å². The number of hydrogen-bond acceptors (Lipinski definition) is 3. The smallest absolute Gasteiger partial charge is 0.0700 e. The van der Waals surface area contributed by atoms with E-state index >= 15 is 0 Å². The molecule has 0 spiro atoms. The van der Waals surface area contributed by atoms with Gasteiger partial charge >= 0.3 is 0 Å².